The van der Waals surface area contributed by atoms with Gasteiger partial charge >= 0.3 is 0 Å². The van der Waals surface area contributed by atoms with Crippen LogP contribution in [0.25, 0.3) is 99.5 Å². The molecule has 0 unspecified atom stereocenters. The van der Waals surface area contributed by atoms with E-state index in [-0.39, 0.29) is 23.0 Å². The first-order chi connectivity index (χ1) is 46.5. The van der Waals surface area contributed by atoms with Gasteiger partial charge in [-0.25, -0.2) is 0 Å². The Morgan fingerprint density at radius 2 is 0.583 bits per heavy atom. The minimum Gasteiger partial charge on any atom is -0.310 e. The Hall–Kier alpha value is -10.9. The van der Waals surface area contributed by atoms with Gasteiger partial charge in [0.1, 0.15) is 0 Å². The molecule has 0 saturated heterocycles. The van der Waals surface area contributed by atoms with Crippen LogP contribution in [0.3, 0.4) is 0 Å². The summed E-state index contributed by atoms with van der Waals surface area (Å²) in [5.74, 6) is 0. The number of benzene rings is 13. The first-order valence-electron chi connectivity index (χ1n) is 34.1. The summed E-state index contributed by atoms with van der Waals surface area (Å²) >= 11 is 0. The van der Waals surface area contributed by atoms with E-state index >= 15 is 0 Å². The minimum absolute atomic E-state index is 0.0832. The number of nitrogens with zero attached hydrogens (tertiary/aromatic N) is 4. The second-order valence-corrected chi connectivity index (χ2v) is 29.9. The molecule has 4 nitrogen and oxygen atoms in total. The summed E-state index contributed by atoms with van der Waals surface area (Å²) in [6.45, 7) is 21.1. The zero-order valence-corrected chi connectivity index (χ0v) is 56.3. The van der Waals surface area contributed by atoms with E-state index < -0.39 is 0 Å². The third-order valence-corrected chi connectivity index (χ3v) is 20.2. The first kappa shape index (κ1) is 58.9. The molecule has 0 saturated carbocycles. The van der Waals surface area contributed by atoms with Gasteiger partial charge in [0.15, 0.2) is 0 Å². The lowest BCUT2D eigenvalue weighted by Gasteiger charge is -2.46. The molecular weight excluding hydrogens is 1160 g/mol. The number of fused-ring (bicyclic) bond motifs is 10. The normalized spacial score (nSPS) is 13.0. The van der Waals surface area contributed by atoms with Gasteiger partial charge in [0.2, 0.25) is 0 Å². The SMILES string of the molecule is CC(C)(C)Cc1cc2c3c(c1)N(c1c(-c4ccccc4)cc(C(C)(C)C)cc1-c1ccccc1)c1cc(-n4c5ccccc5c5ccccc54)ccc1B3c1ccc(-n3c4ccccc4c4ccccc43)cc1N2c1c(-c2ccccc2)cc(C(C)(C)C)cc1-c1ccccc1. The third kappa shape index (κ3) is 9.72. The van der Waals surface area contributed by atoms with Crippen LogP contribution < -0.4 is 26.2 Å². The largest absolute Gasteiger partial charge is 0.310 e. The van der Waals surface area contributed by atoms with E-state index in [9.17, 15) is 0 Å². The highest BCUT2D eigenvalue weighted by Gasteiger charge is 2.46. The highest BCUT2D eigenvalue weighted by atomic mass is 15.2. The summed E-state index contributed by atoms with van der Waals surface area (Å²) in [6.07, 6.45) is 0.836. The Kier molecular flexibility index (Phi) is 13.7. The van der Waals surface area contributed by atoms with Gasteiger partial charge in [0, 0.05) is 77.9 Å². The van der Waals surface area contributed by atoms with Gasteiger partial charge in [0.25, 0.3) is 6.71 Å². The Balaban J connectivity index is 1.07. The minimum atomic E-state index is -0.209. The number of anilines is 6. The van der Waals surface area contributed by atoms with Crippen molar-refractivity contribution in [1.29, 1.82) is 0 Å². The molecule has 4 heterocycles. The fourth-order valence-corrected chi connectivity index (χ4v) is 15.9. The molecule has 0 spiro atoms. The monoisotopic (exact) mass is 1240 g/mol. The van der Waals surface area contributed by atoms with Crippen LogP contribution in [0, 0.1) is 5.41 Å². The van der Waals surface area contributed by atoms with Gasteiger partial charge in [-0.3, -0.25) is 0 Å². The van der Waals surface area contributed by atoms with E-state index in [0.29, 0.717) is 0 Å². The lowest BCUT2D eigenvalue weighted by Crippen LogP contribution is -2.61. The Morgan fingerprint density at radius 1 is 0.292 bits per heavy atom. The maximum Gasteiger partial charge on any atom is 0.252 e. The molecule has 0 radical (unpaired) electrons. The van der Waals surface area contributed by atoms with Crippen molar-refractivity contribution in [1.82, 2.24) is 9.13 Å². The van der Waals surface area contributed by atoms with Crippen molar-refractivity contribution in [2.75, 3.05) is 9.80 Å². The lowest BCUT2D eigenvalue weighted by atomic mass is 9.33. The topological polar surface area (TPSA) is 16.3 Å². The van der Waals surface area contributed by atoms with E-state index in [0.717, 1.165) is 40.5 Å². The molecule has 5 heteroatoms. The predicted octanol–water partition coefficient (Wildman–Crippen LogP) is 22.8. The molecule has 464 valence electrons. The molecule has 96 heavy (non-hydrogen) atoms. The van der Waals surface area contributed by atoms with Gasteiger partial charge in [-0.05, 0) is 163 Å². The van der Waals surface area contributed by atoms with E-state index in [1.165, 1.54) is 133 Å². The van der Waals surface area contributed by atoms with Crippen molar-refractivity contribution in [2.24, 2.45) is 5.41 Å². The van der Waals surface area contributed by atoms with Crippen molar-refractivity contribution < 1.29 is 0 Å². The van der Waals surface area contributed by atoms with Gasteiger partial charge in [-0.2, -0.15) is 0 Å². The van der Waals surface area contributed by atoms with Crippen LogP contribution in [0.15, 0.2) is 291 Å². The van der Waals surface area contributed by atoms with Crippen LogP contribution in [0.5, 0.6) is 0 Å². The molecule has 17 rings (SSSR count). The molecular formula is C91H77BN4. The van der Waals surface area contributed by atoms with Gasteiger partial charge < -0.3 is 18.9 Å². The molecule has 2 aliphatic heterocycles. The van der Waals surface area contributed by atoms with E-state index in [1.807, 2.05) is 0 Å². The number of hydrogen-bond donors (Lipinski definition) is 0. The van der Waals surface area contributed by atoms with Crippen LogP contribution in [0.4, 0.5) is 34.1 Å². The van der Waals surface area contributed by atoms with Crippen molar-refractivity contribution in [3.63, 3.8) is 0 Å². The highest BCUT2D eigenvalue weighted by molar-refractivity contribution is 7.00. The molecule has 0 amide bonds. The summed E-state index contributed by atoms with van der Waals surface area (Å²) in [4.78, 5) is 5.47. The Morgan fingerprint density at radius 3 is 0.875 bits per heavy atom. The number of para-hydroxylation sites is 4. The molecule has 0 aliphatic carbocycles. The quantitative estimate of drug-likeness (QED) is 0.134. The summed E-state index contributed by atoms with van der Waals surface area (Å²) in [5.41, 5.74) is 30.5. The summed E-state index contributed by atoms with van der Waals surface area (Å²) in [6, 6.07) is 111. The Labute approximate surface area is 565 Å². The molecule has 13 aromatic carbocycles. The molecule has 0 bridgehead atoms. The summed E-state index contributed by atoms with van der Waals surface area (Å²) < 4.78 is 5.01. The first-order valence-corrected chi connectivity index (χ1v) is 34.1. The summed E-state index contributed by atoms with van der Waals surface area (Å²) in [5, 5.41) is 4.95. The fraction of sp³-hybridized carbons (Fsp3) is 0.143. The van der Waals surface area contributed by atoms with Crippen molar-refractivity contribution >= 4 is 101 Å². The van der Waals surface area contributed by atoms with Crippen molar-refractivity contribution in [3.05, 3.63) is 308 Å². The molecule has 0 atom stereocenters. The number of aromatic nitrogens is 2. The maximum atomic E-state index is 2.74. The number of rotatable bonds is 9. The lowest BCUT2D eigenvalue weighted by molar-refractivity contribution is 0.411. The average molecular weight is 1240 g/mol. The van der Waals surface area contributed by atoms with Crippen molar-refractivity contribution in [3.8, 4) is 55.9 Å². The smallest absolute Gasteiger partial charge is 0.252 e. The van der Waals surface area contributed by atoms with Crippen LogP contribution in [-0.4, -0.2) is 15.8 Å². The predicted molar refractivity (Wildman–Crippen MR) is 411 cm³/mol. The Bertz CT molecular complexity index is 5000. The summed E-state index contributed by atoms with van der Waals surface area (Å²) in [7, 11) is 0. The van der Waals surface area contributed by atoms with E-state index in [2.05, 4.69) is 372 Å². The van der Waals surface area contributed by atoms with Crippen LogP contribution >= 0.6 is 0 Å². The highest BCUT2D eigenvalue weighted by Crippen LogP contribution is 2.55. The van der Waals surface area contributed by atoms with Gasteiger partial charge in [-0.1, -0.05) is 269 Å². The average Bonchev–Trinajstić information content (AvgIpc) is 0.817. The van der Waals surface area contributed by atoms with E-state index in [1.54, 1.807) is 0 Å². The fourth-order valence-electron chi connectivity index (χ4n) is 15.9. The van der Waals surface area contributed by atoms with Gasteiger partial charge in [-0.15, -0.1) is 0 Å². The zero-order valence-electron chi connectivity index (χ0n) is 56.3. The number of hydrogen-bond acceptors (Lipinski definition) is 2. The third-order valence-electron chi connectivity index (χ3n) is 20.2. The molecule has 0 fully saturated rings. The van der Waals surface area contributed by atoms with E-state index in [4.69, 9.17) is 0 Å². The van der Waals surface area contributed by atoms with Gasteiger partial charge in [0.05, 0.1) is 33.4 Å². The molecule has 2 aromatic heterocycles. The van der Waals surface area contributed by atoms with Crippen LogP contribution in [0.2, 0.25) is 0 Å². The van der Waals surface area contributed by atoms with Crippen LogP contribution in [0.1, 0.15) is 79.0 Å². The zero-order chi connectivity index (χ0) is 65.4. The maximum absolute atomic E-state index is 2.74. The molecule has 0 N–H and O–H groups in total. The second-order valence-electron chi connectivity index (χ2n) is 29.9. The van der Waals surface area contributed by atoms with Crippen molar-refractivity contribution in [2.45, 2.75) is 79.6 Å². The molecule has 2 aliphatic rings. The van der Waals surface area contributed by atoms with Crippen LogP contribution in [-0.2, 0) is 17.3 Å². The second kappa shape index (κ2) is 22.4. The standard InChI is InChI=1S/C91H77BN4/c1-89(2,3)58-59-50-84-86-85(51-59)96(88-74(62-34-18-12-19-35-62)54-65(91(7,8)9)55-75(88)63-36-20-13-21-37-63)83-57-67(94-80-44-28-24-40-70(80)71-41-25-29-45-81(71)94)47-49-77(83)92(86)76-48-46-66(93-78-42-26-22-38-68(78)69-39-23-27-43-79(69)93)56-82(76)95(84)87-72(60-30-14-10-15-31-60)52-64(90(4,5)6)53-73(87)61-32-16-11-17-33-61/h10-57H,58H2,1-9H3. The molecule has 15 aromatic rings.